The summed E-state index contributed by atoms with van der Waals surface area (Å²) in [5, 5.41) is 4.18. The van der Waals surface area contributed by atoms with E-state index in [1.54, 1.807) is 27.9 Å². The van der Waals surface area contributed by atoms with E-state index in [4.69, 9.17) is 9.15 Å². The summed E-state index contributed by atoms with van der Waals surface area (Å²) in [7, 11) is 0. The average Bonchev–Trinajstić information content (AvgIpc) is 3.46. The molecular formula is C21H21N3O4. The van der Waals surface area contributed by atoms with E-state index in [2.05, 4.69) is 5.10 Å². The molecular weight excluding hydrogens is 358 g/mol. The molecule has 1 atom stereocenters. The van der Waals surface area contributed by atoms with E-state index in [1.165, 1.54) is 6.26 Å². The van der Waals surface area contributed by atoms with Gasteiger partial charge in [-0.1, -0.05) is 12.1 Å². The Morgan fingerprint density at radius 2 is 2.00 bits per heavy atom. The molecule has 144 valence electrons. The molecule has 7 heteroatoms. The van der Waals surface area contributed by atoms with Gasteiger partial charge in [0.1, 0.15) is 12.6 Å². The second kappa shape index (κ2) is 8.12. The number of nitrogens with zero attached hydrogens (tertiary/aromatic N) is 3. The summed E-state index contributed by atoms with van der Waals surface area (Å²) in [4.78, 5) is 26.8. The van der Waals surface area contributed by atoms with Gasteiger partial charge in [0.05, 0.1) is 12.0 Å². The Hall–Kier alpha value is -3.35. The number of furan rings is 1. The lowest BCUT2D eigenvalue weighted by atomic mass is 10.0. The molecule has 0 aliphatic carbocycles. The highest BCUT2D eigenvalue weighted by Gasteiger charge is 2.34. The van der Waals surface area contributed by atoms with Crippen molar-refractivity contribution in [1.82, 2.24) is 14.7 Å². The number of carbonyl (C=O) groups excluding carboxylic acids is 2. The van der Waals surface area contributed by atoms with Crippen LogP contribution in [0.4, 0.5) is 0 Å². The zero-order valence-corrected chi connectivity index (χ0v) is 15.4. The van der Waals surface area contributed by atoms with Gasteiger partial charge in [-0.05, 0) is 55.2 Å². The molecule has 1 saturated heterocycles. The molecule has 0 N–H and O–H groups in total. The summed E-state index contributed by atoms with van der Waals surface area (Å²) in [6.45, 7) is 0.690. The molecule has 0 bridgehead atoms. The second-order valence-corrected chi connectivity index (χ2v) is 6.71. The minimum absolute atomic E-state index is 0.164. The molecule has 1 amide bonds. The number of aromatic nitrogens is 2. The number of amides is 1. The predicted octanol–water partition coefficient (Wildman–Crippen LogP) is 3.20. The van der Waals surface area contributed by atoms with Crippen molar-refractivity contribution in [2.45, 2.75) is 31.9 Å². The van der Waals surface area contributed by atoms with E-state index in [0.717, 1.165) is 24.1 Å². The van der Waals surface area contributed by atoms with Crippen molar-refractivity contribution in [2.75, 3.05) is 6.54 Å². The molecule has 3 aromatic rings. The Bertz CT molecular complexity index is 917. The molecule has 3 heterocycles. The van der Waals surface area contributed by atoms with Crippen LogP contribution in [0.1, 0.15) is 35.4 Å². The summed E-state index contributed by atoms with van der Waals surface area (Å²) in [5.41, 5.74) is 1.81. The zero-order chi connectivity index (χ0) is 19.3. The number of hydrogen-bond acceptors (Lipinski definition) is 5. The number of ether oxygens (including phenoxy) is 1. The van der Waals surface area contributed by atoms with Gasteiger partial charge in [0, 0.05) is 18.9 Å². The van der Waals surface area contributed by atoms with Gasteiger partial charge < -0.3 is 14.1 Å². The topological polar surface area (TPSA) is 77.6 Å². The van der Waals surface area contributed by atoms with Gasteiger partial charge in [0.15, 0.2) is 5.76 Å². The molecule has 2 aromatic heterocycles. The van der Waals surface area contributed by atoms with E-state index >= 15 is 0 Å². The third-order valence-corrected chi connectivity index (χ3v) is 4.85. The minimum atomic E-state index is -0.574. The van der Waals surface area contributed by atoms with Gasteiger partial charge >= 0.3 is 5.97 Å². The number of piperidine rings is 1. The highest BCUT2D eigenvalue weighted by molar-refractivity contribution is 5.94. The Morgan fingerprint density at radius 1 is 1.14 bits per heavy atom. The third kappa shape index (κ3) is 3.83. The predicted molar refractivity (Wildman–Crippen MR) is 101 cm³/mol. The fourth-order valence-electron chi connectivity index (χ4n) is 3.38. The molecule has 1 fully saturated rings. The molecule has 1 aliphatic heterocycles. The molecule has 1 unspecified atom stereocenters. The maximum Gasteiger partial charge on any atom is 0.329 e. The fourth-order valence-corrected chi connectivity index (χ4v) is 3.38. The van der Waals surface area contributed by atoms with Crippen LogP contribution >= 0.6 is 0 Å². The normalized spacial score (nSPS) is 16.7. The van der Waals surface area contributed by atoms with Gasteiger partial charge in [-0.3, -0.25) is 4.79 Å². The van der Waals surface area contributed by atoms with E-state index in [9.17, 15) is 9.59 Å². The number of benzene rings is 1. The van der Waals surface area contributed by atoms with Gasteiger partial charge in [-0.2, -0.15) is 5.10 Å². The van der Waals surface area contributed by atoms with Crippen molar-refractivity contribution in [3.05, 3.63) is 72.4 Å². The summed E-state index contributed by atoms with van der Waals surface area (Å²) in [6, 6.07) is 12.2. The van der Waals surface area contributed by atoms with E-state index in [0.29, 0.717) is 13.0 Å². The monoisotopic (exact) mass is 379 g/mol. The number of likely N-dealkylation sites (tertiary alicyclic amines) is 1. The molecule has 1 aliphatic rings. The smallest absolute Gasteiger partial charge is 0.329 e. The van der Waals surface area contributed by atoms with Gasteiger partial charge in [-0.25, -0.2) is 9.48 Å². The number of hydrogen-bond donors (Lipinski definition) is 0. The molecule has 0 radical (unpaired) electrons. The largest absolute Gasteiger partial charge is 0.459 e. The fraction of sp³-hybridized carbons (Fsp3) is 0.286. The lowest BCUT2D eigenvalue weighted by Gasteiger charge is -2.33. The Labute approximate surface area is 162 Å². The van der Waals surface area contributed by atoms with Crippen LogP contribution in [-0.2, 0) is 16.1 Å². The van der Waals surface area contributed by atoms with Crippen molar-refractivity contribution in [1.29, 1.82) is 0 Å². The first-order valence-electron chi connectivity index (χ1n) is 9.32. The summed E-state index contributed by atoms with van der Waals surface area (Å²) >= 11 is 0. The molecule has 0 saturated carbocycles. The molecule has 7 nitrogen and oxygen atoms in total. The van der Waals surface area contributed by atoms with Gasteiger partial charge in [-0.15, -0.1) is 0 Å². The first kappa shape index (κ1) is 18.0. The number of carbonyl (C=O) groups is 2. The minimum Gasteiger partial charge on any atom is -0.459 e. The first-order valence-corrected chi connectivity index (χ1v) is 9.32. The van der Waals surface area contributed by atoms with Crippen LogP contribution in [0.15, 0.2) is 65.5 Å². The van der Waals surface area contributed by atoms with Crippen LogP contribution in [0, 0.1) is 0 Å². The Kier molecular flexibility index (Phi) is 5.23. The van der Waals surface area contributed by atoms with Crippen LogP contribution in [0.25, 0.3) is 5.69 Å². The highest BCUT2D eigenvalue weighted by atomic mass is 16.5. The lowest BCUT2D eigenvalue weighted by molar-refractivity contribution is -0.151. The Balaban J connectivity index is 1.38. The molecule has 4 rings (SSSR count). The van der Waals surface area contributed by atoms with Crippen molar-refractivity contribution in [3.63, 3.8) is 0 Å². The lowest BCUT2D eigenvalue weighted by Crippen LogP contribution is -2.48. The van der Waals surface area contributed by atoms with E-state index < -0.39 is 6.04 Å². The maximum absolute atomic E-state index is 12.6. The maximum atomic E-state index is 12.6. The SMILES string of the molecule is O=C(OCc1ccc(-n2cccn2)cc1)C1CCCCN1C(=O)c1ccco1. The van der Waals surface area contributed by atoms with Crippen LogP contribution in [0.5, 0.6) is 0 Å². The van der Waals surface area contributed by atoms with Crippen molar-refractivity contribution >= 4 is 11.9 Å². The summed E-state index contributed by atoms with van der Waals surface area (Å²) in [5.74, 6) is -0.403. The highest BCUT2D eigenvalue weighted by Crippen LogP contribution is 2.21. The third-order valence-electron chi connectivity index (χ3n) is 4.85. The second-order valence-electron chi connectivity index (χ2n) is 6.71. The molecule has 0 spiro atoms. The van der Waals surface area contributed by atoms with Gasteiger partial charge in [0.25, 0.3) is 5.91 Å². The van der Waals surface area contributed by atoms with Crippen molar-refractivity contribution in [3.8, 4) is 5.69 Å². The average molecular weight is 379 g/mol. The molecule has 1 aromatic carbocycles. The van der Waals surface area contributed by atoms with E-state index in [-0.39, 0.29) is 24.2 Å². The van der Waals surface area contributed by atoms with Crippen LogP contribution in [0.2, 0.25) is 0 Å². The number of esters is 1. The quantitative estimate of drug-likeness (QED) is 0.636. The first-order chi connectivity index (χ1) is 13.7. The van der Waals surface area contributed by atoms with Gasteiger partial charge in [0.2, 0.25) is 0 Å². The standard InChI is InChI=1S/C21H21N3O4/c25-20(19-6-3-14-27-19)23-12-2-1-5-18(23)21(26)28-15-16-7-9-17(10-8-16)24-13-4-11-22-24/h3-4,6-11,13-14,18H,1-2,5,12,15H2. The zero-order valence-electron chi connectivity index (χ0n) is 15.4. The van der Waals surface area contributed by atoms with Crippen molar-refractivity contribution in [2.24, 2.45) is 0 Å². The Morgan fingerprint density at radius 3 is 2.71 bits per heavy atom. The van der Waals surface area contributed by atoms with Crippen LogP contribution in [0.3, 0.4) is 0 Å². The van der Waals surface area contributed by atoms with Crippen LogP contribution in [-0.4, -0.2) is 39.1 Å². The van der Waals surface area contributed by atoms with E-state index in [1.807, 2.05) is 36.5 Å². The van der Waals surface area contributed by atoms with Crippen LogP contribution < -0.4 is 0 Å². The molecule has 28 heavy (non-hydrogen) atoms. The summed E-state index contributed by atoms with van der Waals surface area (Å²) < 4.78 is 12.5. The summed E-state index contributed by atoms with van der Waals surface area (Å²) in [6.07, 6.45) is 7.39. The number of rotatable bonds is 5. The van der Waals surface area contributed by atoms with Crippen molar-refractivity contribution < 1.29 is 18.7 Å².